The summed E-state index contributed by atoms with van der Waals surface area (Å²) in [5.74, 6) is -0.605. The Bertz CT molecular complexity index is 1090. The number of fused-ring (bicyclic) bond motifs is 3. The Labute approximate surface area is 228 Å². The molecular weight excluding hydrogens is 505 g/mol. The molecule has 0 spiro atoms. The molecule has 4 aliphatic rings. The van der Waals surface area contributed by atoms with Gasteiger partial charge >= 0.3 is 0 Å². The van der Waals surface area contributed by atoms with Gasteiger partial charge in [-0.25, -0.2) is 4.39 Å². The molecule has 4 amide bonds. The minimum absolute atomic E-state index is 0.0337. The normalized spacial score (nSPS) is 29.7. The Kier molecular flexibility index (Phi) is 8.06. The van der Waals surface area contributed by atoms with Crippen molar-refractivity contribution in [1.82, 2.24) is 25.3 Å². The van der Waals surface area contributed by atoms with Crippen molar-refractivity contribution < 1.29 is 28.3 Å². The van der Waals surface area contributed by atoms with Crippen LogP contribution in [0.3, 0.4) is 0 Å². The van der Waals surface area contributed by atoms with Gasteiger partial charge in [0.15, 0.2) is 6.61 Å². The lowest BCUT2D eigenvalue weighted by molar-refractivity contribution is -0.142. The molecule has 4 saturated heterocycles. The Hall–Kier alpha value is -3.21. The van der Waals surface area contributed by atoms with Crippen LogP contribution in [0.2, 0.25) is 0 Å². The molecule has 0 aromatic heterocycles. The molecule has 1 aromatic carbocycles. The summed E-state index contributed by atoms with van der Waals surface area (Å²) in [5, 5.41) is 5.91. The summed E-state index contributed by atoms with van der Waals surface area (Å²) in [7, 11) is 0. The van der Waals surface area contributed by atoms with Gasteiger partial charge in [0.2, 0.25) is 17.7 Å². The monoisotopic (exact) mass is 543 g/mol. The number of hydrogen-bond acceptors (Lipinski definition) is 6. The van der Waals surface area contributed by atoms with Gasteiger partial charge in [0.05, 0.1) is 12.6 Å². The topological polar surface area (TPSA) is 111 Å². The molecule has 5 atom stereocenters. The van der Waals surface area contributed by atoms with Gasteiger partial charge in [0.1, 0.15) is 24.0 Å². The molecule has 1 aromatic rings. The number of nitrogens with one attached hydrogen (secondary N) is 2. The van der Waals surface area contributed by atoms with E-state index in [0.717, 1.165) is 31.5 Å². The zero-order valence-corrected chi connectivity index (χ0v) is 22.6. The number of rotatable bonds is 6. The molecule has 1 unspecified atom stereocenters. The Morgan fingerprint density at radius 2 is 1.69 bits per heavy atom. The van der Waals surface area contributed by atoms with Crippen LogP contribution in [0.4, 0.5) is 4.39 Å². The van der Waals surface area contributed by atoms with Gasteiger partial charge in [0, 0.05) is 44.6 Å². The Morgan fingerprint density at radius 1 is 1.00 bits per heavy atom. The maximum Gasteiger partial charge on any atom is 0.260 e. The van der Waals surface area contributed by atoms with E-state index in [1.807, 2.05) is 18.7 Å². The lowest BCUT2D eigenvalue weighted by atomic mass is 10.0. The van der Waals surface area contributed by atoms with Crippen molar-refractivity contribution in [2.45, 2.75) is 82.3 Å². The standard InChI is InChI=1S/C28H38FN5O5/c1-17(2)33-15-20-13-24(33)27(37)31-22(28(38)34-14-19(29)12-23(34)26(36)30-20)11-18-5-7-21(8-6-18)39-16-25(35)32-9-3-4-10-32/h5-8,17,19-20,22-24H,3-4,9-16H2,1-2H3,(H,30,36)(H,31,37)/t19-,20-,22?,23-,24-/m0/s1. The molecule has 39 heavy (non-hydrogen) atoms. The predicted octanol–water partition coefficient (Wildman–Crippen LogP) is 0.635. The molecular formula is C28H38FN5O5. The van der Waals surface area contributed by atoms with E-state index in [1.165, 1.54) is 4.90 Å². The molecule has 4 heterocycles. The second-order valence-corrected chi connectivity index (χ2v) is 11.4. The van der Waals surface area contributed by atoms with Gasteiger partial charge in [-0.05, 0) is 50.8 Å². The number of likely N-dealkylation sites (tertiary alicyclic amines) is 2. The Morgan fingerprint density at radius 3 is 2.38 bits per heavy atom. The summed E-state index contributed by atoms with van der Waals surface area (Å²) in [6, 6.07) is 4.54. The van der Waals surface area contributed by atoms with E-state index >= 15 is 0 Å². The third-order valence-corrected chi connectivity index (χ3v) is 8.29. The lowest BCUT2D eigenvalue weighted by Gasteiger charge is -2.32. The number of hydrogen-bond donors (Lipinski definition) is 2. The van der Waals surface area contributed by atoms with Crippen LogP contribution in [0.25, 0.3) is 0 Å². The van der Waals surface area contributed by atoms with E-state index in [9.17, 15) is 23.6 Å². The molecule has 4 aliphatic heterocycles. The van der Waals surface area contributed by atoms with Crippen molar-refractivity contribution in [2.24, 2.45) is 0 Å². The van der Waals surface area contributed by atoms with E-state index < -0.39 is 30.2 Å². The van der Waals surface area contributed by atoms with Crippen molar-refractivity contribution in [3.05, 3.63) is 29.8 Å². The van der Waals surface area contributed by atoms with E-state index in [2.05, 4.69) is 10.6 Å². The second-order valence-electron chi connectivity index (χ2n) is 11.4. The lowest BCUT2D eigenvalue weighted by Crippen LogP contribution is -2.57. The highest BCUT2D eigenvalue weighted by Crippen LogP contribution is 2.27. The van der Waals surface area contributed by atoms with Gasteiger partial charge in [-0.3, -0.25) is 24.1 Å². The molecule has 2 N–H and O–H groups in total. The van der Waals surface area contributed by atoms with E-state index in [1.54, 1.807) is 29.2 Å². The Balaban J connectivity index is 1.32. The van der Waals surface area contributed by atoms with Crippen LogP contribution in [0, 0.1) is 0 Å². The number of amides is 4. The summed E-state index contributed by atoms with van der Waals surface area (Å²) in [6.45, 7) is 5.83. The van der Waals surface area contributed by atoms with Gasteiger partial charge in [0.25, 0.3) is 5.91 Å². The number of ether oxygens (including phenoxy) is 1. The fraction of sp³-hybridized carbons (Fsp3) is 0.643. The first-order valence-electron chi connectivity index (χ1n) is 14.0. The summed E-state index contributed by atoms with van der Waals surface area (Å²) >= 11 is 0. The van der Waals surface area contributed by atoms with Crippen molar-refractivity contribution in [2.75, 3.05) is 32.8 Å². The third kappa shape index (κ3) is 6.03. The van der Waals surface area contributed by atoms with Crippen LogP contribution in [-0.2, 0) is 25.6 Å². The van der Waals surface area contributed by atoms with E-state index in [0.29, 0.717) is 18.7 Å². The molecule has 10 nitrogen and oxygen atoms in total. The highest BCUT2D eigenvalue weighted by molar-refractivity contribution is 5.94. The largest absolute Gasteiger partial charge is 0.484 e. The fourth-order valence-electron chi connectivity index (χ4n) is 6.20. The number of alkyl halides is 1. The van der Waals surface area contributed by atoms with Crippen molar-refractivity contribution >= 4 is 23.6 Å². The van der Waals surface area contributed by atoms with Crippen LogP contribution >= 0.6 is 0 Å². The number of halogens is 1. The average molecular weight is 544 g/mol. The molecule has 11 heteroatoms. The fourth-order valence-corrected chi connectivity index (χ4v) is 6.20. The molecule has 212 valence electrons. The average Bonchev–Trinajstić information content (AvgIpc) is 3.67. The van der Waals surface area contributed by atoms with Crippen molar-refractivity contribution in [3.8, 4) is 5.75 Å². The molecule has 0 saturated carbocycles. The van der Waals surface area contributed by atoms with Crippen LogP contribution in [0.15, 0.2) is 24.3 Å². The van der Waals surface area contributed by atoms with Crippen LogP contribution < -0.4 is 15.4 Å². The van der Waals surface area contributed by atoms with Crippen LogP contribution in [0.1, 0.15) is 45.1 Å². The van der Waals surface area contributed by atoms with Crippen LogP contribution in [-0.4, -0.2) is 107 Å². The SMILES string of the molecule is CC(C)N1C[C@@H]2C[C@H]1C(=O)NC(Cc1ccc(OCC(=O)N3CCCC3)cc1)C(=O)N1C[C@@H](F)C[C@H]1C(=O)N2. The minimum atomic E-state index is -1.30. The van der Waals surface area contributed by atoms with Gasteiger partial charge in [-0.1, -0.05) is 12.1 Å². The number of carbonyl (C=O) groups is 4. The maximum absolute atomic E-state index is 14.5. The summed E-state index contributed by atoms with van der Waals surface area (Å²) in [6.07, 6.45) is 1.30. The zero-order valence-electron chi connectivity index (χ0n) is 22.6. The second kappa shape index (κ2) is 11.5. The molecule has 2 bridgehead atoms. The maximum atomic E-state index is 14.5. The van der Waals surface area contributed by atoms with Crippen LogP contribution in [0.5, 0.6) is 5.75 Å². The van der Waals surface area contributed by atoms with Gasteiger partial charge < -0.3 is 25.2 Å². The van der Waals surface area contributed by atoms with Crippen molar-refractivity contribution in [1.29, 1.82) is 0 Å². The molecule has 0 aliphatic carbocycles. The molecule has 5 rings (SSSR count). The third-order valence-electron chi connectivity index (χ3n) is 8.29. The first kappa shape index (κ1) is 27.4. The number of carbonyl (C=O) groups excluding carboxylic acids is 4. The first-order valence-corrected chi connectivity index (χ1v) is 14.0. The molecule has 4 fully saturated rings. The first-order chi connectivity index (χ1) is 18.7. The van der Waals surface area contributed by atoms with Crippen molar-refractivity contribution in [3.63, 3.8) is 0 Å². The summed E-state index contributed by atoms with van der Waals surface area (Å²) in [5.41, 5.74) is 0.767. The number of benzene rings is 1. The highest BCUT2D eigenvalue weighted by Gasteiger charge is 2.46. The predicted molar refractivity (Wildman–Crippen MR) is 141 cm³/mol. The van der Waals surface area contributed by atoms with Gasteiger partial charge in [-0.2, -0.15) is 0 Å². The highest BCUT2D eigenvalue weighted by atomic mass is 19.1. The summed E-state index contributed by atoms with van der Waals surface area (Å²) in [4.78, 5) is 57.6. The van der Waals surface area contributed by atoms with E-state index in [-0.39, 0.29) is 55.8 Å². The zero-order chi connectivity index (χ0) is 27.7. The number of nitrogens with zero attached hydrogens (tertiary/aromatic N) is 3. The summed E-state index contributed by atoms with van der Waals surface area (Å²) < 4.78 is 20.1. The van der Waals surface area contributed by atoms with Gasteiger partial charge in [-0.15, -0.1) is 0 Å². The quantitative estimate of drug-likeness (QED) is 0.545. The molecule has 0 radical (unpaired) electrons. The smallest absolute Gasteiger partial charge is 0.260 e. The van der Waals surface area contributed by atoms with E-state index in [4.69, 9.17) is 4.74 Å². The minimum Gasteiger partial charge on any atom is -0.484 e.